The van der Waals surface area contributed by atoms with E-state index in [1.807, 2.05) is 0 Å². The van der Waals surface area contributed by atoms with E-state index in [0.29, 0.717) is 23.5 Å². The molecule has 1 saturated heterocycles. The zero-order chi connectivity index (χ0) is 12.2. The van der Waals surface area contributed by atoms with Gasteiger partial charge in [-0.3, -0.25) is 0 Å². The summed E-state index contributed by atoms with van der Waals surface area (Å²) in [7, 11) is -0.626. The minimum Gasteiger partial charge on any atom is -0.313 e. The van der Waals surface area contributed by atoms with Gasteiger partial charge in [-0.05, 0) is 39.4 Å². The molecule has 0 radical (unpaired) electrons. The van der Waals surface area contributed by atoms with Gasteiger partial charge in [0.2, 0.25) is 0 Å². The van der Waals surface area contributed by atoms with Crippen LogP contribution in [-0.2, 0) is 9.84 Å². The van der Waals surface area contributed by atoms with Crippen LogP contribution in [0.1, 0.15) is 20.3 Å². The topological polar surface area (TPSA) is 49.4 Å². The number of hydrogen-bond acceptors (Lipinski definition) is 4. The van der Waals surface area contributed by atoms with Crippen LogP contribution in [0.4, 0.5) is 0 Å². The van der Waals surface area contributed by atoms with Crippen molar-refractivity contribution in [2.75, 3.05) is 38.2 Å². The van der Waals surface area contributed by atoms with Crippen molar-refractivity contribution in [3.8, 4) is 0 Å². The average Bonchev–Trinajstić information content (AvgIpc) is 2.55. The van der Waals surface area contributed by atoms with Crippen molar-refractivity contribution in [2.24, 2.45) is 5.92 Å². The minimum atomic E-state index is -2.72. The third-order valence-electron chi connectivity index (χ3n) is 3.21. The van der Waals surface area contributed by atoms with E-state index in [2.05, 4.69) is 31.1 Å². The van der Waals surface area contributed by atoms with Crippen LogP contribution in [0.25, 0.3) is 0 Å². The van der Waals surface area contributed by atoms with Crippen LogP contribution in [0.15, 0.2) is 0 Å². The smallest absolute Gasteiger partial charge is 0.150 e. The van der Waals surface area contributed by atoms with Gasteiger partial charge >= 0.3 is 0 Å². The summed E-state index contributed by atoms with van der Waals surface area (Å²) in [6, 6.07) is 0.424. The average molecular weight is 248 g/mol. The number of sulfone groups is 1. The Kier molecular flexibility index (Phi) is 5.21. The molecule has 0 aromatic rings. The van der Waals surface area contributed by atoms with Crippen LogP contribution in [0.5, 0.6) is 0 Å². The van der Waals surface area contributed by atoms with E-state index in [-0.39, 0.29) is 0 Å². The van der Waals surface area contributed by atoms with Crippen molar-refractivity contribution in [3.05, 3.63) is 0 Å². The first kappa shape index (κ1) is 13.9. The van der Waals surface area contributed by atoms with Crippen molar-refractivity contribution in [3.63, 3.8) is 0 Å². The van der Waals surface area contributed by atoms with Crippen molar-refractivity contribution in [1.82, 2.24) is 10.2 Å². The van der Waals surface area contributed by atoms with Crippen LogP contribution in [0, 0.1) is 5.92 Å². The van der Waals surface area contributed by atoms with E-state index in [9.17, 15) is 8.42 Å². The van der Waals surface area contributed by atoms with Gasteiger partial charge in [-0.25, -0.2) is 8.42 Å². The lowest BCUT2D eigenvalue weighted by atomic mass is 10.1. The van der Waals surface area contributed by atoms with Crippen molar-refractivity contribution >= 4 is 9.84 Å². The summed E-state index contributed by atoms with van der Waals surface area (Å²) in [5.41, 5.74) is 0. The normalized spacial score (nSPS) is 26.1. The summed E-state index contributed by atoms with van der Waals surface area (Å²) in [6.07, 6.45) is 0.825. The fourth-order valence-electron chi connectivity index (χ4n) is 2.06. The first-order valence-corrected chi connectivity index (χ1v) is 7.87. The lowest BCUT2D eigenvalue weighted by Gasteiger charge is -2.22. The maximum atomic E-state index is 11.3. The molecule has 0 aromatic heterocycles. The number of nitrogens with zero attached hydrogens (tertiary/aromatic N) is 1. The second-order valence-electron chi connectivity index (χ2n) is 4.93. The van der Waals surface area contributed by atoms with Crippen LogP contribution in [-0.4, -0.2) is 57.5 Å². The maximum Gasteiger partial charge on any atom is 0.150 e. The maximum absolute atomic E-state index is 11.3. The zero-order valence-corrected chi connectivity index (χ0v) is 11.4. The second kappa shape index (κ2) is 5.98. The Hall–Kier alpha value is -0.130. The summed E-state index contributed by atoms with van der Waals surface area (Å²) in [5, 5.41) is 3.42. The highest BCUT2D eigenvalue weighted by Gasteiger charge is 2.27. The molecule has 2 atom stereocenters. The van der Waals surface area contributed by atoms with Crippen LogP contribution >= 0.6 is 0 Å². The quantitative estimate of drug-likeness (QED) is 0.737. The van der Waals surface area contributed by atoms with Crippen molar-refractivity contribution in [1.29, 1.82) is 0 Å². The van der Waals surface area contributed by atoms with E-state index < -0.39 is 9.84 Å². The van der Waals surface area contributed by atoms with Gasteiger partial charge in [0.1, 0.15) is 0 Å². The van der Waals surface area contributed by atoms with Gasteiger partial charge in [0.05, 0.1) is 11.5 Å². The number of hydrogen-bond donors (Lipinski definition) is 1. The third-order valence-corrected chi connectivity index (χ3v) is 5.04. The number of likely N-dealkylation sites (N-methyl/N-ethyl adjacent to an activating group) is 1. The highest BCUT2D eigenvalue weighted by Crippen LogP contribution is 2.17. The minimum absolute atomic E-state index is 0.319. The Labute approximate surface area is 99.3 Å². The molecule has 16 heavy (non-hydrogen) atoms. The summed E-state index contributed by atoms with van der Waals surface area (Å²) >= 11 is 0. The van der Waals surface area contributed by atoms with E-state index in [0.717, 1.165) is 26.1 Å². The van der Waals surface area contributed by atoms with Gasteiger partial charge in [-0.15, -0.1) is 0 Å². The van der Waals surface area contributed by atoms with Crippen LogP contribution < -0.4 is 5.32 Å². The van der Waals surface area contributed by atoms with Crippen molar-refractivity contribution < 1.29 is 8.42 Å². The van der Waals surface area contributed by atoms with Gasteiger partial charge in [-0.2, -0.15) is 0 Å². The first-order chi connectivity index (χ1) is 7.43. The molecule has 0 spiro atoms. The van der Waals surface area contributed by atoms with Gasteiger partial charge < -0.3 is 10.2 Å². The predicted octanol–water partition coefficient (Wildman–Crippen LogP) is 0.351. The summed E-state index contributed by atoms with van der Waals surface area (Å²) in [5.74, 6) is 1.07. The molecule has 4 nitrogen and oxygen atoms in total. The Balaban J connectivity index is 2.20. The van der Waals surface area contributed by atoms with Gasteiger partial charge in [0, 0.05) is 12.6 Å². The largest absolute Gasteiger partial charge is 0.313 e. The molecule has 5 heteroatoms. The molecule has 0 aliphatic carbocycles. The highest BCUT2D eigenvalue weighted by atomic mass is 32.2. The van der Waals surface area contributed by atoms with E-state index in [1.54, 1.807) is 0 Å². The number of rotatable bonds is 6. The molecular weight excluding hydrogens is 224 g/mol. The molecule has 0 bridgehead atoms. The van der Waals surface area contributed by atoms with E-state index in [4.69, 9.17) is 0 Å². The lowest BCUT2D eigenvalue weighted by Crippen LogP contribution is -2.39. The molecule has 96 valence electrons. The third kappa shape index (κ3) is 4.80. The zero-order valence-electron chi connectivity index (χ0n) is 10.6. The molecule has 0 saturated carbocycles. The summed E-state index contributed by atoms with van der Waals surface area (Å²) in [4.78, 5) is 2.25. The predicted molar refractivity (Wildman–Crippen MR) is 67.4 cm³/mol. The molecule has 2 unspecified atom stereocenters. The summed E-state index contributed by atoms with van der Waals surface area (Å²) in [6.45, 7) is 7.17. The molecule has 0 amide bonds. The molecule has 0 aromatic carbocycles. The molecule has 1 fully saturated rings. The summed E-state index contributed by atoms with van der Waals surface area (Å²) < 4.78 is 22.5. The molecule has 1 N–H and O–H groups in total. The molecule has 1 heterocycles. The Morgan fingerprint density at radius 2 is 2.19 bits per heavy atom. The van der Waals surface area contributed by atoms with Gasteiger partial charge in [0.25, 0.3) is 0 Å². The van der Waals surface area contributed by atoms with Crippen LogP contribution in [0.2, 0.25) is 0 Å². The standard InChI is InChI=1S/C11H24N2O2S/c1-4-13(3)8-10(2)12-7-11-5-6-16(14,15)9-11/h10-12H,4-9H2,1-3H3. The molecule has 1 rings (SSSR count). The highest BCUT2D eigenvalue weighted by molar-refractivity contribution is 7.91. The first-order valence-electron chi connectivity index (χ1n) is 6.05. The SMILES string of the molecule is CCN(C)CC(C)NCC1CCS(=O)(=O)C1. The van der Waals surface area contributed by atoms with Gasteiger partial charge in [0.15, 0.2) is 9.84 Å². The Bertz CT molecular complexity index is 303. The Morgan fingerprint density at radius 3 is 2.69 bits per heavy atom. The Morgan fingerprint density at radius 1 is 1.50 bits per heavy atom. The second-order valence-corrected chi connectivity index (χ2v) is 7.16. The lowest BCUT2D eigenvalue weighted by molar-refractivity contribution is 0.304. The van der Waals surface area contributed by atoms with E-state index >= 15 is 0 Å². The molecular formula is C11H24N2O2S. The number of nitrogens with one attached hydrogen (secondary N) is 1. The fraction of sp³-hybridized carbons (Fsp3) is 1.00. The van der Waals surface area contributed by atoms with E-state index in [1.165, 1.54) is 0 Å². The van der Waals surface area contributed by atoms with Gasteiger partial charge in [-0.1, -0.05) is 6.92 Å². The monoisotopic (exact) mass is 248 g/mol. The molecule has 1 aliphatic rings. The fourth-order valence-corrected chi connectivity index (χ4v) is 3.92. The van der Waals surface area contributed by atoms with Crippen LogP contribution in [0.3, 0.4) is 0 Å². The van der Waals surface area contributed by atoms with Crippen molar-refractivity contribution in [2.45, 2.75) is 26.3 Å². The molecule has 1 aliphatic heterocycles.